The van der Waals surface area contributed by atoms with Crippen LogP contribution in [0, 0.1) is 6.92 Å². The maximum atomic E-state index is 12.7. The van der Waals surface area contributed by atoms with Gasteiger partial charge in [0, 0.05) is 22.2 Å². The second-order valence-electron chi connectivity index (χ2n) is 7.24. The lowest BCUT2D eigenvalue weighted by atomic mass is 10.1. The van der Waals surface area contributed by atoms with Gasteiger partial charge in [0.2, 0.25) is 0 Å². The molecule has 8 heteroatoms. The molecule has 0 bridgehead atoms. The number of anilines is 1. The van der Waals surface area contributed by atoms with E-state index in [9.17, 15) is 13.2 Å². The van der Waals surface area contributed by atoms with Crippen LogP contribution in [0.5, 0.6) is 0 Å². The lowest BCUT2D eigenvalue weighted by Gasteiger charge is -2.14. The highest BCUT2D eigenvalue weighted by molar-refractivity contribution is 7.91. The standard InChI is InChI=1S/C21H20ClN3O3S/c1-14-2-4-16(5-3-14)21(26)23-20-12-19(15-6-8-17(22)9-7-15)24-25(20)18-10-11-29(27,28)13-18/h2-9,12,18H,10-11,13H2,1H3,(H,23,26). The van der Waals surface area contributed by atoms with Gasteiger partial charge in [-0.25, -0.2) is 13.1 Å². The summed E-state index contributed by atoms with van der Waals surface area (Å²) in [6, 6.07) is 15.9. The summed E-state index contributed by atoms with van der Waals surface area (Å²) in [7, 11) is -3.10. The number of nitrogens with one attached hydrogen (secondary N) is 1. The third kappa shape index (κ3) is 4.36. The molecule has 6 nitrogen and oxygen atoms in total. The van der Waals surface area contributed by atoms with Crippen LogP contribution in [0.4, 0.5) is 5.82 Å². The Balaban J connectivity index is 1.69. The predicted octanol–water partition coefficient (Wildman–Crippen LogP) is 4.12. The van der Waals surface area contributed by atoms with Crippen molar-refractivity contribution in [1.29, 1.82) is 0 Å². The number of benzene rings is 2. The quantitative estimate of drug-likeness (QED) is 0.676. The third-order valence-corrected chi connectivity index (χ3v) is 6.99. The molecule has 0 aliphatic carbocycles. The van der Waals surface area contributed by atoms with Crippen molar-refractivity contribution in [1.82, 2.24) is 9.78 Å². The van der Waals surface area contributed by atoms with Gasteiger partial charge < -0.3 is 5.32 Å². The van der Waals surface area contributed by atoms with Gasteiger partial charge in [-0.3, -0.25) is 4.79 Å². The average molecular weight is 430 g/mol. The van der Waals surface area contributed by atoms with Crippen LogP contribution in [0.3, 0.4) is 0 Å². The first kappa shape index (κ1) is 19.7. The minimum atomic E-state index is -3.10. The molecule has 1 fully saturated rings. The van der Waals surface area contributed by atoms with Crippen molar-refractivity contribution in [3.05, 3.63) is 70.7 Å². The smallest absolute Gasteiger partial charge is 0.256 e. The normalized spacial score (nSPS) is 17.9. The Morgan fingerprint density at radius 1 is 1.14 bits per heavy atom. The van der Waals surface area contributed by atoms with Crippen molar-refractivity contribution in [2.24, 2.45) is 0 Å². The van der Waals surface area contributed by atoms with Crippen LogP contribution in [0.25, 0.3) is 11.3 Å². The van der Waals surface area contributed by atoms with Crippen LogP contribution < -0.4 is 5.32 Å². The monoisotopic (exact) mass is 429 g/mol. The second-order valence-corrected chi connectivity index (χ2v) is 9.91. The molecule has 1 aliphatic rings. The second kappa shape index (κ2) is 7.65. The zero-order valence-corrected chi connectivity index (χ0v) is 17.4. The molecule has 0 spiro atoms. The Bertz CT molecular complexity index is 1150. The number of hydrogen-bond acceptors (Lipinski definition) is 4. The highest BCUT2D eigenvalue weighted by atomic mass is 35.5. The molecular formula is C21H20ClN3O3S. The molecule has 2 aromatic carbocycles. The maximum absolute atomic E-state index is 12.7. The van der Waals surface area contributed by atoms with Gasteiger partial charge in [-0.15, -0.1) is 0 Å². The van der Waals surface area contributed by atoms with E-state index < -0.39 is 9.84 Å². The molecule has 1 amide bonds. The molecule has 1 N–H and O–H groups in total. The number of hydrogen-bond donors (Lipinski definition) is 1. The summed E-state index contributed by atoms with van der Waals surface area (Å²) in [5.74, 6) is 0.346. The van der Waals surface area contributed by atoms with Crippen molar-refractivity contribution >= 4 is 33.2 Å². The number of halogens is 1. The van der Waals surface area contributed by atoms with E-state index in [4.69, 9.17) is 11.6 Å². The van der Waals surface area contributed by atoms with Crippen LogP contribution in [0.2, 0.25) is 5.02 Å². The molecule has 4 rings (SSSR count). The molecule has 150 valence electrons. The highest BCUT2D eigenvalue weighted by Crippen LogP contribution is 2.31. The molecule has 1 aromatic heterocycles. The van der Waals surface area contributed by atoms with E-state index >= 15 is 0 Å². The molecule has 2 heterocycles. The molecule has 3 aromatic rings. The lowest BCUT2D eigenvalue weighted by molar-refractivity contribution is 0.102. The van der Waals surface area contributed by atoms with Crippen LogP contribution in [0.1, 0.15) is 28.4 Å². The van der Waals surface area contributed by atoms with E-state index in [0.29, 0.717) is 28.5 Å². The van der Waals surface area contributed by atoms with Gasteiger partial charge in [0.15, 0.2) is 9.84 Å². The molecule has 1 saturated heterocycles. The summed E-state index contributed by atoms with van der Waals surface area (Å²) < 4.78 is 25.6. The molecule has 0 saturated carbocycles. The van der Waals surface area contributed by atoms with Gasteiger partial charge in [0.05, 0.1) is 23.2 Å². The minimum Gasteiger partial charge on any atom is -0.307 e. The molecule has 1 unspecified atom stereocenters. The number of carbonyl (C=O) groups excluding carboxylic acids is 1. The first-order chi connectivity index (χ1) is 13.8. The Hall–Kier alpha value is -2.64. The van der Waals surface area contributed by atoms with Crippen molar-refractivity contribution < 1.29 is 13.2 Å². The number of aromatic nitrogens is 2. The van der Waals surface area contributed by atoms with Crippen LogP contribution >= 0.6 is 11.6 Å². The minimum absolute atomic E-state index is 0.0160. The van der Waals surface area contributed by atoms with Gasteiger partial charge >= 0.3 is 0 Å². The fourth-order valence-electron chi connectivity index (χ4n) is 3.39. The fraction of sp³-hybridized carbons (Fsp3) is 0.238. The van der Waals surface area contributed by atoms with Gasteiger partial charge in [-0.1, -0.05) is 41.4 Å². The van der Waals surface area contributed by atoms with Crippen LogP contribution in [-0.4, -0.2) is 35.6 Å². The molecule has 1 aliphatic heterocycles. The van der Waals surface area contributed by atoms with Gasteiger partial charge in [0.1, 0.15) is 5.82 Å². The average Bonchev–Trinajstić information content (AvgIpc) is 3.25. The van der Waals surface area contributed by atoms with Crippen molar-refractivity contribution in [3.8, 4) is 11.3 Å². The topological polar surface area (TPSA) is 81.1 Å². The van der Waals surface area contributed by atoms with Gasteiger partial charge in [0.25, 0.3) is 5.91 Å². The van der Waals surface area contributed by atoms with E-state index in [1.807, 2.05) is 31.2 Å². The number of aryl methyl sites for hydroxylation is 1. The fourth-order valence-corrected chi connectivity index (χ4v) is 5.21. The highest BCUT2D eigenvalue weighted by Gasteiger charge is 2.31. The Kier molecular flexibility index (Phi) is 5.19. The molecule has 0 radical (unpaired) electrons. The third-order valence-electron chi connectivity index (χ3n) is 4.99. The van der Waals surface area contributed by atoms with Crippen molar-refractivity contribution in [2.75, 3.05) is 16.8 Å². The Labute approximate surface area is 174 Å². The summed E-state index contributed by atoms with van der Waals surface area (Å²) in [5, 5.41) is 8.12. The summed E-state index contributed by atoms with van der Waals surface area (Å²) in [6.07, 6.45) is 0.470. The number of amides is 1. The number of rotatable bonds is 4. The molecular weight excluding hydrogens is 410 g/mol. The van der Waals surface area contributed by atoms with E-state index in [1.54, 1.807) is 35.0 Å². The predicted molar refractivity (Wildman–Crippen MR) is 114 cm³/mol. The van der Waals surface area contributed by atoms with E-state index in [-0.39, 0.29) is 23.5 Å². The van der Waals surface area contributed by atoms with Gasteiger partial charge in [-0.2, -0.15) is 5.10 Å². The summed E-state index contributed by atoms with van der Waals surface area (Å²) in [5.41, 5.74) is 3.06. The summed E-state index contributed by atoms with van der Waals surface area (Å²) in [6.45, 7) is 1.95. The van der Waals surface area contributed by atoms with Crippen LogP contribution in [0.15, 0.2) is 54.6 Å². The lowest BCUT2D eigenvalue weighted by Crippen LogP contribution is -2.19. The zero-order valence-electron chi connectivity index (χ0n) is 15.8. The van der Waals surface area contributed by atoms with E-state index in [2.05, 4.69) is 10.4 Å². The number of nitrogens with zero attached hydrogens (tertiary/aromatic N) is 2. The van der Waals surface area contributed by atoms with Crippen molar-refractivity contribution in [3.63, 3.8) is 0 Å². The van der Waals surface area contributed by atoms with E-state index in [1.165, 1.54) is 0 Å². The largest absolute Gasteiger partial charge is 0.307 e. The Morgan fingerprint density at radius 3 is 2.45 bits per heavy atom. The maximum Gasteiger partial charge on any atom is 0.256 e. The molecule has 1 atom stereocenters. The first-order valence-electron chi connectivity index (χ1n) is 9.25. The number of sulfone groups is 1. The zero-order chi connectivity index (χ0) is 20.6. The first-order valence-corrected chi connectivity index (χ1v) is 11.4. The van der Waals surface area contributed by atoms with Crippen LogP contribution in [-0.2, 0) is 9.84 Å². The van der Waals surface area contributed by atoms with Crippen molar-refractivity contribution in [2.45, 2.75) is 19.4 Å². The molecule has 29 heavy (non-hydrogen) atoms. The summed E-state index contributed by atoms with van der Waals surface area (Å²) >= 11 is 5.97. The van der Waals surface area contributed by atoms with Gasteiger partial charge in [-0.05, 0) is 37.6 Å². The summed E-state index contributed by atoms with van der Waals surface area (Å²) in [4.78, 5) is 12.7. The SMILES string of the molecule is Cc1ccc(C(=O)Nc2cc(-c3ccc(Cl)cc3)nn2C2CCS(=O)(=O)C2)cc1. The number of carbonyl (C=O) groups is 1. The Morgan fingerprint density at radius 2 is 1.83 bits per heavy atom. The van der Waals surface area contributed by atoms with E-state index in [0.717, 1.165) is 11.1 Å².